The highest BCUT2D eigenvalue weighted by Crippen LogP contribution is 2.41. The van der Waals surface area contributed by atoms with Crippen LogP contribution in [0.4, 0.5) is 0 Å². The maximum Gasteiger partial charge on any atom is 0.0353 e. The molecule has 2 nitrogen and oxygen atoms in total. The van der Waals surface area contributed by atoms with Crippen molar-refractivity contribution >= 4 is 72.2 Å². The molecule has 260 valence electrons. The third-order valence-electron chi connectivity index (χ3n) is 9.22. The van der Waals surface area contributed by atoms with E-state index in [1.807, 2.05) is 42.5 Å². The summed E-state index contributed by atoms with van der Waals surface area (Å²) in [6.45, 7) is 15.8. The van der Waals surface area contributed by atoms with Crippen LogP contribution >= 0.6 is 11.3 Å². The van der Waals surface area contributed by atoms with Gasteiger partial charge in [-0.3, -0.25) is 0 Å². The fourth-order valence-corrected chi connectivity index (χ4v) is 7.87. The normalized spacial score (nSPS) is 12.2. The zero-order chi connectivity index (χ0) is 37.0. The number of hydrogen-bond acceptors (Lipinski definition) is 3. The Labute approximate surface area is 313 Å². The van der Waals surface area contributed by atoms with E-state index in [2.05, 4.69) is 143 Å². The van der Waals surface area contributed by atoms with Crippen LogP contribution in [-0.4, -0.2) is 6.72 Å². The molecule has 52 heavy (non-hydrogen) atoms. The molecule has 1 aliphatic rings. The van der Waals surface area contributed by atoms with E-state index in [1.54, 1.807) is 12.2 Å². The number of benzene rings is 6. The second-order valence-corrected chi connectivity index (χ2v) is 13.8. The van der Waals surface area contributed by atoms with Gasteiger partial charge in [-0.05, 0) is 118 Å². The molecule has 0 fully saturated rings. The third-order valence-corrected chi connectivity index (χ3v) is 10.4. The monoisotopic (exact) mass is 696 g/mol. The van der Waals surface area contributed by atoms with Crippen LogP contribution in [-0.2, 0) is 6.42 Å². The number of rotatable bonds is 5. The van der Waals surface area contributed by atoms with Crippen LogP contribution in [0.2, 0.25) is 0 Å². The lowest BCUT2D eigenvalue weighted by molar-refractivity contribution is 1.01. The second-order valence-electron chi connectivity index (χ2n) is 12.7. The SMILES string of the molecule is C=C/C=C(/C)C=C.C=N.CC/C=C(/N)c1cccc2c3ccccc3c3ccc(-c4ccc5sc6c(c5c4)CCC=C6)cc3c12.Cc1ccccc1. The molecule has 3 N–H and O–H groups in total. The molecular weight excluding hydrogens is 649 g/mol. The van der Waals surface area contributed by atoms with Crippen LogP contribution in [0.15, 0.2) is 158 Å². The van der Waals surface area contributed by atoms with Gasteiger partial charge in [0.15, 0.2) is 0 Å². The standard InChI is InChI=1S/C34H27NS.C7H8.C7H10.CH3N/c1-2-8-31(35)28-13-7-12-27-24-10-4-3-9-23(24)25-17-15-21(20-30(25)34(27)28)22-16-18-33-29(19-22)26-11-5-6-14-32(26)36-33;1-7-5-3-2-4-6-7;1-4-6-7(3)5-2;1-2/h3-4,6-10,12-20H,2,5,11,35H2,1H3;2-6H,1H3;4-6H,1-2H2,3H3;2H,1H2/b31-8+;;7-6-;. The van der Waals surface area contributed by atoms with Gasteiger partial charge in [0.1, 0.15) is 0 Å². The summed E-state index contributed by atoms with van der Waals surface area (Å²) in [5, 5.41) is 14.5. The van der Waals surface area contributed by atoms with Crippen LogP contribution in [0.3, 0.4) is 0 Å². The Kier molecular flexibility index (Phi) is 12.9. The number of nitrogens with one attached hydrogen (secondary N) is 1. The Morgan fingerprint density at radius 3 is 2.04 bits per heavy atom. The fourth-order valence-electron chi connectivity index (χ4n) is 6.70. The Hall–Kier alpha value is -5.77. The summed E-state index contributed by atoms with van der Waals surface area (Å²) in [5.74, 6) is 0. The lowest BCUT2D eigenvalue weighted by Gasteiger charge is -2.15. The number of allylic oxidation sites excluding steroid dienone is 6. The van der Waals surface area contributed by atoms with Crippen LogP contribution in [0, 0.1) is 12.3 Å². The van der Waals surface area contributed by atoms with Crippen LogP contribution in [0.25, 0.3) is 65.3 Å². The first-order valence-electron chi connectivity index (χ1n) is 17.8. The molecule has 0 atom stereocenters. The smallest absolute Gasteiger partial charge is 0.0353 e. The highest BCUT2D eigenvalue weighted by atomic mass is 32.1. The quantitative estimate of drug-likeness (QED) is 0.105. The fraction of sp³-hybridized carbons (Fsp3) is 0.122. The molecule has 0 amide bonds. The average molecular weight is 697 g/mol. The van der Waals surface area contributed by atoms with Gasteiger partial charge in [0.05, 0.1) is 0 Å². The van der Waals surface area contributed by atoms with Gasteiger partial charge >= 0.3 is 0 Å². The molecule has 0 unspecified atom stereocenters. The minimum Gasteiger partial charge on any atom is -0.398 e. The molecule has 3 heteroatoms. The van der Waals surface area contributed by atoms with Gasteiger partial charge < -0.3 is 11.1 Å². The maximum absolute atomic E-state index is 6.63. The molecule has 0 radical (unpaired) electrons. The van der Waals surface area contributed by atoms with Crippen LogP contribution < -0.4 is 5.73 Å². The molecule has 1 aromatic heterocycles. The van der Waals surface area contributed by atoms with E-state index < -0.39 is 0 Å². The van der Waals surface area contributed by atoms with Crippen molar-refractivity contribution in [1.29, 1.82) is 5.41 Å². The summed E-state index contributed by atoms with van der Waals surface area (Å²) in [4.78, 5) is 1.42. The van der Waals surface area contributed by atoms with Gasteiger partial charge in [-0.2, -0.15) is 0 Å². The van der Waals surface area contributed by atoms with Gasteiger partial charge in [0, 0.05) is 20.8 Å². The Morgan fingerprint density at radius 2 is 1.40 bits per heavy atom. The molecule has 0 spiro atoms. The van der Waals surface area contributed by atoms with E-state index in [1.165, 1.54) is 69.5 Å². The lowest BCUT2D eigenvalue weighted by Crippen LogP contribution is -1.98. The summed E-state index contributed by atoms with van der Waals surface area (Å²) < 4.78 is 1.38. The maximum atomic E-state index is 6.63. The van der Waals surface area contributed by atoms with Gasteiger partial charge in [-0.25, -0.2) is 0 Å². The summed E-state index contributed by atoms with van der Waals surface area (Å²) in [7, 11) is 0. The third kappa shape index (κ3) is 8.23. The van der Waals surface area contributed by atoms with E-state index >= 15 is 0 Å². The molecule has 6 aromatic carbocycles. The van der Waals surface area contributed by atoms with Crippen LogP contribution in [0.5, 0.6) is 0 Å². The molecular formula is C49H48N2S. The first-order chi connectivity index (χ1) is 25.4. The van der Waals surface area contributed by atoms with Crippen LogP contribution in [0.1, 0.15) is 48.3 Å². The first kappa shape index (κ1) is 37.5. The van der Waals surface area contributed by atoms with Crippen molar-refractivity contribution in [3.8, 4) is 11.1 Å². The topological polar surface area (TPSA) is 49.9 Å². The Balaban J connectivity index is 0.000000274. The van der Waals surface area contributed by atoms with E-state index in [4.69, 9.17) is 11.1 Å². The number of fused-ring (bicyclic) bond motifs is 9. The molecule has 0 aliphatic heterocycles. The zero-order valence-electron chi connectivity index (χ0n) is 30.6. The molecule has 0 saturated carbocycles. The number of aryl methyl sites for hydroxylation is 2. The predicted molar refractivity (Wildman–Crippen MR) is 235 cm³/mol. The highest BCUT2D eigenvalue weighted by molar-refractivity contribution is 7.20. The number of thiophene rings is 1. The molecule has 1 heterocycles. The molecule has 0 bridgehead atoms. The van der Waals surface area contributed by atoms with Crippen molar-refractivity contribution in [3.63, 3.8) is 0 Å². The highest BCUT2D eigenvalue weighted by Gasteiger charge is 2.16. The van der Waals surface area contributed by atoms with E-state index in [9.17, 15) is 0 Å². The van der Waals surface area contributed by atoms with Crippen molar-refractivity contribution in [2.45, 2.75) is 40.0 Å². The Bertz CT molecular complexity index is 2440. The van der Waals surface area contributed by atoms with Crippen molar-refractivity contribution < 1.29 is 0 Å². The minimum absolute atomic E-state index is 0.851. The number of nitrogens with two attached hydrogens (primary N) is 1. The molecule has 8 rings (SSSR count). The lowest BCUT2D eigenvalue weighted by atomic mass is 9.89. The summed E-state index contributed by atoms with van der Waals surface area (Å²) in [6.07, 6.45) is 15.4. The average Bonchev–Trinajstić information content (AvgIpc) is 3.57. The van der Waals surface area contributed by atoms with Crippen molar-refractivity contribution in [1.82, 2.24) is 0 Å². The second kappa shape index (κ2) is 17.9. The summed E-state index contributed by atoms with van der Waals surface area (Å²) in [5.41, 5.74) is 15.1. The van der Waals surface area contributed by atoms with Crippen molar-refractivity contribution in [2.24, 2.45) is 5.73 Å². The largest absolute Gasteiger partial charge is 0.398 e. The van der Waals surface area contributed by atoms with E-state index in [0.29, 0.717) is 0 Å². The van der Waals surface area contributed by atoms with Gasteiger partial charge in [-0.1, -0.05) is 153 Å². The predicted octanol–water partition coefficient (Wildman–Crippen LogP) is 14.3. The van der Waals surface area contributed by atoms with Gasteiger partial charge in [0.2, 0.25) is 0 Å². The first-order valence-corrected chi connectivity index (χ1v) is 18.6. The van der Waals surface area contributed by atoms with E-state index in [0.717, 1.165) is 36.1 Å². The van der Waals surface area contributed by atoms with Crippen molar-refractivity contribution in [2.75, 3.05) is 0 Å². The minimum atomic E-state index is 0.851. The van der Waals surface area contributed by atoms with Gasteiger partial charge in [-0.15, -0.1) is 11.3 Å². The molecule has 7 aromatic rings. The van der Waals surface area contributed by atoms with E-state index in [-0.39, 0.29) is 0 Å². The van der Waals surface area contributed by atoms with Crippen molar-refractivity contribution in [3.05, 3.63) is 180 Å². The summed E-state index contributed by atoms with van der Waals surface area (Å²) in [6, 6.07) is 39.5. The zero-order valence-corrected chi connectivity index (χ0v) is 31.4. The number of hydrogen-bond donors (Lipinski definition) is 2. The Morgan fingerprint density at radius 1 is 0.769 bits per heavy atom. The van der Waals surface area contributed by atoms with Gasteiger partial charge in [0.25, 0.3) is 0 Å². The summed E-state index contributed by atoms with van der Waals surface area (Å²) >= 11 is 1.91. The molecule has 0 saturated heterocycles. The molecule has 1 aliphatic carbocycles.